The Balaban J connectivity index is 1.66. The highest BCUT2D eigenvalue weighted by Crippen LogP contribution is 2.30. The molecule has 0 radical (unpaired) electrons. The van der Waals surface area contributed by atoms with Crippen LogP contribution >= 0.6 is 0 Å². The first-order valence-electron chi connectivity index (χ1n) is 9.74. The van der Waals surface area contributed by atoms with Crippen molar-refractivity contribution in [2.24, 2.45) is 0 Å². The number of aryl methyl sites for hydroxylation is 1. The number of nitrogens with one attached hydrogen (secondary N) is 1. The molecule has 1 heterocycles. The number of aromatic nitrogens is 2. The van der Waals surface area contributed by atoms with Crippen molar-refractivity contribution in [2.75, 3.05) is 19.0 Å². The molecule has 6 heteroatoms. The summed E-state index contributed by atoms with van der Waals surface area (Å²) in [5.74, 6) is 1.20. The lowest BCUT2D eigenvalue weighted by Crippen LogP contribution is -2.13. The lowest BCUT2D eigenvalue weighted by Gasteiger charge is -2.12. The fraction of sp³-hybridized carbons (Fsp3) is 0.304. The van der Waals surface area contributed by atoms with Gasteiger partial charge in [0.25, 0.3) is 0 Å². The van der Waals surface area contributed by atoms with Gasteiger partial charge in [0.05, 0.1) is 25.1 Å². The van der Waals surface area contributed by atoms with Crippen LogP contribution < -0.4 is 14.8 Å². The first-order valence-corrected chi connectivity index (χ1v) is 9.74. The van der Waals surface area contributed by atoms with Gasteiger partial charge in [-0.3, -0.25) is 4.79 Å². The highest BCUT2D eigenvalue weighted by Gasteiger charge is 2.15. The van der Waals surface area contributed by atoms with Crippen molar-refractivity contribution in [2.45, 2.75) is 33.6 Å². The molecule has 1 N–H and O–H groups in total. The van der Waals surface area contributed by atoms with Crippen molar-refractivity contribution < 1.29 is 14.3 Å². The molecule has 0 unspecified atom stereocenters. The zero-order valence-electron chi connectivity index (χ0n) is 17.4. The van der Waals surface area contributed by atoms with Gasteiger partial charge in [-0.05, 0) is 57.0 Å². The molecule has 0 aliphatic rings. The Kier molecular flexibility index (Phi) is 6.54. The van der Waals surface area contributed by atoms with E-state index in [1.165, 1.54) is 0 Å². The van der Waals surface area contributed by atoms with Gasteiger partial charge in [0.2, 0.25) is 5.91 Å². The molecule has 0 saturated heterocycles. The second-order valence-corrected chi connectivity index (χ2v) is 6.74. The zero-order valence-corrected chi connectivity index (χ0v) is 17.4. The monoisotopic (exact) mass is 393 g/mol. The lowest BCUT2D eigenvalue weighted by molar-refractivity contribution is -0.116. The van der Waals surface area contributed by atoms with E-state index in [4.69, 9.17) is 9.47 Å². The van der Waals surface area contributed by atoms with E-state index in [0.717, 1.165) is 22.6 Å². The summed E-state index contributed by atoms with van der Waals surface area (Å²) in [7, 11) is 1.58. The van der Waals surface area contributed by atoms with Gasteiger partial charge < -0.3 is 14.8 Å². The van der Waals surface area contributed by atoms with Crippen LogP contribution in [0.25, 0.3) is 5.69 Å². The fourth-order valence-electron chi connectivity index (χ4n) is 3.34. The van der Waals surface area contributed by atoms with Crippen LogP contribution in [-0.4, -0.2) is 29.4 Å². The van der Waals surface area contributed by atoms with Crippen molar-refractivity contribution in [3.05, 3.63) is 65.5 Å². The van der Waals surface area contributed by atoms with Crippen molar-refractivity contribution in [3.8, 4) is 17.2 Å². The molecule has 2 aromatic carbocycles. The molecule has 0 aliphatic heterocycles. The zero-order chi connectivity index (χ0) is 20.8. The molecular formula is C23H27N3O3. The van der Waals surface area contributed by atoms with Crippen LogP contribution in [0.3, 0.4) is 0 Å². The average Bonchev–Trinajstić information content (AvgIpc) is 3.02. The van der Waals surface area contributed by atoms with Crippen molar-refractivity contribution in [1.29, 1.82) is 0 Å². The van der Waals surface area contributed by atoms with Crippen molar-refractivity contribution in [1.82, 2.24) is 9.78 Å². The number of nitrogens with zero attached hydrogens (tertiary/aromatic N) is 2. The van der Waals surface area contributed by atoms with Crippen molar-refractivity contribution >= 4 is 11.6 Å². The topological polar surface area (TPSA) is 65.4 Å². The first-order chi connectivity index (χ1) is 14.0. The van der Waals surface area contributed by atoms with Gasteiger partial charge in [-0.25, -0.2) is 4.68 Å². The summed E-state index contributed by atoms with van der Waals surface area (Å²) in [6.45, 7) is 6.49. The molecule has 0 spiro atoms. The molecule has 29 heavy (non-hydrogen) atoms. The van der Waals surface area contributed by atoms with E-state index in [2.05, 4.69) is 10.4 Å². The number of benzene rings is 2. The number of methoxy groups -OCH3 is 1. The maximum Gasteiger partial charge on any atom is 0.224 e. The van der Waals surface area contributed by atoms with Gasteiger partial charge in [-0.15, -0.1) is 0 Å². The third kappa shape index (κ3) is 4.77. The van der Waals surface area contributed by atoms with E-state index < -0.39 is 0 Å². The fourth-order valence-corrected chi connectivity index (χ4v) is 3.34. The van der Waals surface area contributed by atoms with E-state index in [1.54, 1.807) is 19.2 Å². The summed E-state index contributed by atoms with van der Waals surface area (Å²) in [5, 5.41) is 7.58. The van der Waals surface area contributed by atoms with Gasteiger partial charge >= 0.3 is 0 Å². The molecule has 0 bridgehead atoms. The summed E-state index contributed by atoms with van der Waals surface area (Å²) in [6, 6.07) is 15.4. The number of anilines is 1. The highest BCUT2D eigenvalue weighted by atomic mass is 16.5. The standard InChI is InChI=1S/C23H27N3O3/c1-5-29-21-13-11-18(15-22(21)28-4)24-23(27)14-12-20-16(2)25-26(17(20)3)19-9-7-6-8-10-19/h6-11,13,15H,5,12,14H2,1-4H3,(H,24,27). The van der Waals surface area contributed by atoms with Gasteiger partial charge in [-0.1, -0.05) is 18.2 Å². The number of para-hydroxylation sites is 1. The molecule has 0 fully saturated rings. The predicted molar refractivity (Wildman–Crippen MR) is 114 cm³/mol. The quantitative estimate of drug-likeness (QED) is 0.613. The Bertz CT molecular complexity index is 981. The molecule has 3 aromatic rings. The van der Waals surface area contributed by atoms with Gasteiger partial charge in [0, 0.05) is 23.9 Å². The minimum atomic E-state index is -0.0533. The van der Waals surface area contributed by atoms with Crippen LogP contribution in [0.4, 0.5) is 5.69 Å². The Morgan fingerprint density at radius 3 is 2.55 bits per heavy atom. The van der Waals surface area contributed by atoms with Crippen LogP contribution in [0, 0.1) is 13.8 Å². The second kappa shape index (κ2) is 9.28. The second-order valence-electron chi connectivity index (χ2n) is 6.74. The number of carbonyl (C=O) groups excluding carboxylic acids is 1. The summed E-state index contributed by atoms with van der Waals surface area (Å²) >= 11 is 0. The lowest BCUT2D eigenvalue weighted by atomic mass is 10.1. The van der Waals surface area contributed by atoms with E-state index in [1.807, 2.05) is 61.9 Å². The van der Waals surface area contributed by atoms with Crippen LogP contribution in [0.5, 0.6) is 11.5 Å². The molecule has 6 nitrogen and oxygen atoms in total. The van der Waals surface area contributed by atoms with Gasteiger partial charge in [-0.2, -0.15) is 5.10 Å². The van der Waals surface area contributed by atoms with E-state index in [-0.39, 0.29) is 5.91 Å². The Labute approximate surface area is 171 Å². The SMILES string of the molecule is CCOc1ccc(NC(=O)CCc2c(C)nn(-c3ccccc3)c2C)cc1OC. The third-order valence-electron chi connectivity index (χ3n) is 4.79. The minimum Gasteiger partial charge on any atom is -0.493 e. The molecule has 0 saturated carbocycles. The first kappa shape index (κ1) is 20.5. The Hall–Kier alpha value is -3.28. The molecule has 3 rings (SSSR count). The van der Waals surface area contributed by atoms with Crippen molar-refractivity contribution in [3.63, 3.8) is 0 Å². The third-order valence-corrected chi connectivity index (χ3v) is 4.79. The molecule has 1 amide bonds. The van der Waals surface area contributed by atoms with E-state index in [0.29, 0.717) is 36.6 Å². The number of ether oxygens (including phenoxy) is 2. The number of rotatable bonds is 8. The van der Waals surface area contributed by atoms with E-state index in [9.17, 15) is 4.79 Å². The largest absolute Gasteiger partial charge is 0.493 e. The number of amides is 1. The number of carbonyl (C=O) groups is 1. The average molecular weight is 393 g/mol. The molecule has 0 aliphatic carbocycles. The van der Waals surface area contributed by atoms with Gasteiger partial charge in [0.1, 0.15) is 0 Å². The smallest absolute Gasteiger partial charge is 0.224 e. The number of hydrogen-bond acceptors (Lipinski definition) is 4. The maximum atomic E-state index is 12.5. The highest BCUT2D eigenvalue weighted by molar-refractivity contribution is 5.91. The maximum absolute atomic E-state index is 12.5. The summed E-state index contributed by atoms with van der Waals surface area (Å²) in [6.07, 6.45) is 1.00. The number of hydrogen-bond donors (Lipinski definition) is 1. The van der Waals surface area contributed by atoms with Crippen LogP contribution in [0.15, 0.2) is 48.5 Å². The molecule has 152 valence electrons. The minimum absolute atomic E-state index is 0.0533. The Morgan fingerprint density at radius 1 is 1.10 bits per heavy atom. The van der Waals surface area contributed by atoms with Crippen LogP contribution in [0.2, 0.25) is 0 Å². The molecule has 0 atom stereocenters. The molecular weight excluding hydrogens is 366 g/mol. The normalized spacial score (nSPS) is 10.6. The van der Waals surface area contributed by atoms with Crippen LogP contribution in [-0.2, 0) is 11.2 Å². The summed E-state index contributed by atoms with van der Waals surface area (Å²) in [5.41, 5.74) is 4.81. The Morgan fingerprint density at radius 2 is 1.86 bits per heavy atom. The van der Waals surface area contributed by atoms with Crippen LogP contribution in [0.1, 0.15) is 30.3 Å². The molecule has 1 aromatic heterocycles. The summed E-state index contributed by atoms with van der Waals surface area (Å²) in [4.78, 5) is 12.5. The van der Waals surface area contributed by atoms with E-state index >= 15 is 0 Å². The predicted octanol–water partition coefficient (Wildman–Crippen LogP) is 4.47. The summed E-state index contributed by atoms with van der Waals surface area (Å²) < 4.78 is 12.8. The van der Waals surface area contributed by atoms with Gasteiger partial charge in [0.15, 0.2) is 11.5 Å².